The van der Waals surface area contributed by atoms with E-state index >= 15 is 0 Å². The SMILES string of the molecule is N#Cc1cccc(-c2oc(N)c(O)c2O)c1. The van der Waals surface area contributed by atoms with Gasteiger partial charge in [0.1, 0.15) is 0 Å². The van der Waals surface area contributed by atoms with Crippen molar-refractivity contribution < 1.29 is 14.6 Å². The van der Waals surface area contributed by atoms with Gasteiger partial charge in [-0.2, -0.15) is 5.26 Å². The van der Waals surface area contributed by atoms with Gasteiger partial charge in [-0.25, -0.2) is 0 Å². The molecule has 0 saturated carbocycles. The van der Waals surface area contributed by atoms with E-state index in [9.17, 15) is 10.2 Å². The molecule has 0 bridgehead atoms. The van der Waals surface area contributed by atoms with Crippen molar-refractivity contribution in [3.05, 3.63) is 29.8 Å². The zero-order chi connectivity index (χ0) is 11.7. The molecule has 80 valence electrons. The Morgan fingerprint density at radius 3 is 2.56 bits per heavy atom. The number of nitrogen functional groups attached to an aromatic ring is 1. The molecule has 4 N–H and O–H groups in total. The van der Waals surface area contributed by atoms with Gasteiger partial charge in [-0.1, -0.05) is 12.1 Å². The number of furan rings is 1. The fourth-order valence-electron chi connectivity index (χ4n) is 1.36. The largest absolute Gasteiger partial charge is 0.502 e. The lowest BCUT2D eigenvalue weighted by atomic mass is 10.1. The number of nitrogens with two attached hydrogens (primary N) is 1. The molecule has 16 heavy (non-hydrogen) atoms. The van der Waals surface area contributed by atoms with E-state index < -0.39 is 11.5 Å². The number of nitriles is 1. The third-order valence-electron chi connectivity index (χ3n) is 2.14. The Hall–Kier alpha value is -2.61. The average Bonchev–Trinajstić information content (AvgIpc) is 2.57. The van der Waals surface area contributed by atoms with Gasteiger partial charge >= 0.3 is 0 Å². The molecule has 2 rings (SSSR count). The molecule has 0 saturated heterocycles. The van der Waals surface area contributed by atoms with E-state index in [1.807, 2.05) is 6.07 Å². The molecule has 0 aliphatic heterocycles. The summed E-state index contributed by atoms with van der Waals surface area (Å²) in [5, 5.41) is 27.5. The zero-order valence-corrected chi connectivity index (χ0v) is 8.14. The minimum absolute atomic E-state index is 0.0482. The Bertz CT molecular complexity index is 581. The van der Waals surface area contributed by atoms with Gasteiger partial charge in [0.2, 0.25) is 17.4 Å². The zero-order valence-electron chi connectivity index (χ0n) is 8.14. The first kappa shape index (κ1) is 9.93. The highest BCUT2D eigenvalue weighted by molar-refractivity contribution is 5.73. The molecule has 0 aliphatic carbocycles. The molecule has 0 radical (unpaired) electrons. The van der Waals surface area contributed by atoms with Crippen LogP contribution in [0.2, 0.25) is 0 Å². The maximum Gasteiger partial charge on any atom is 0.237 e. The van der Waals surface area contributed by atoms with Crippen LogP contribution in [-0.2, 0) is 0 Å². The Morgan fingerprint density at radius 2 is 2.00 bits per heavy atom. The van der Waals surface area contributed by atoms with E-state index in [0.717, 1.165) is 0 Å². The van der Waals surface area contributed by atoms with Crippen molar-refractivity contribution in [2.75, 3.05) is 5.73 Å². The van der Waals surface area contributed by atoms with E-state index in [1.165, 1.54) is 6.07 Å². The average molecular weight is 216 g/mol. The van der Waals surface area contributed by atoms with Crippen LogP contribution in [0.5, 0.6) is 11.5 Å². The van der Waals surface area contributed by atoms with Crippen LogP contribution in [-0.4, -0.2) is 10.2 Å². The van der Waals surface area contributed by atoms with E-state index in [-0.39, 0.29) is 11.6 Å². The molecular weight excluding hydrogens is 208 g/mol. The summed E-state index contributed by atoms with van der Waals surface area (Å²) in [6.07, 6.45) is 0. The number of nitrogens with zero attached hydrogens (tertiary/aromatic N) is 1. The smallest absolute Gasteiger partial charge is 0.237 e. The van der Waals surface area contributed by atoms with Crippen molar-refractivity contribution >= 4 is 5.88 Å². The summed E-state index contributed by atoms with van der Waals surface area (Å²) in [6.45, 7) is 0. The predicted octanol–water partition coefficient (Wildman–Crippen LogP) is 1.81. The van der Waals surface area contributed by atoms with Crippen molar-refractivity contribution in [3.63, 3.8) is 0 Å². The number of anilines is 1. The van der Waals surface area contributed by atoms with Crippen LogP contribution in [0.3, 0.4) is 0 Å². The van der Waals surface area contributed by atoms with Crippen molar-refractivity contribution in [1.82, 2.24) is 0 Å². The van der Waals surface area contributed by atoms with Crippen LogP contribution in [0.1, 0.15) is 5.56 Å². The van der Waals surface area contributed by atoms with Gasteiger partial charge in [0.25, 0.3) is 0 Å². The summed E-state index contributed by atoms with van der Waals surface area (Å²) < 4.78 is 5.00. The van der Waals surface area contributed by atoms with Gasteiger partial charge in [0.15, 0.2) is 5.76 Å². The Balaban J connectivity index is 2.59. The summed E-state index contributed by atoms with van der Waals surface area (Å²) >= 11 is 0. The van der Waals surface area contributed by atoms with Gasteiger partial charge in [0.05, 0.1) is 11.6 Å². The summed E-state index contributed by atoms with van der Waals surface area (Å²) in [5.74, 6) is -1.12. The number of rotatable bonds is 1. The quantitative estimate of drug-likeness (QED) is 0.674. The summed E-state index contributed by atoms with van der Waals surface area (Å²) in [7, 11) is 0. The second kappa shape index (κ2) is 3.51. The molecule has 1 heterocycles. The van der Waals surface area contributed by atoms with Gasteiger partial charge in [-0.3, -0.25) is 0 Å². The minimum Gasteiger partial charge on any atom is -0.502 e. The molecule has 0 unspecified atom stereocenters. The Labute approximate surface area is 91.0 Å². The van der Waals surface area contributed by atoms with Crippen LogP contribution < -0.4 is 5.73 Å². The van der Waals surface area contributed by atoms with Crippen molar-refractivity contribution in [2.45, 2.75) is 0 Å². The molecule has 0 atom stereocenters. The lowest BCUT2D eigenvalue weighted by Gasteiger charge is -1.97. The van der Waals surface area contributed by atoms with Crippen molar-refractivity contribution in [2.24, 2.45) is 0 Å². The molecule has 2 aromatic rings. The lowest BCUT2D eigenvalue weighted by molar-refractivity contribution is 0.410. The standard InChI is InChI=1S/C11H8N2O3/c12-5-6-2-1-3-7(4-6)10-8(14)9(15)11(13)16-10/h1-4,14-15H,13H2. The summed E-state index contributed by atoms with van der Waals surface area (Å²) in [4.78, 5) is 0. The highest BCUT2D eigenvalue weighted by Crippen LogP contribution is 2.43. The number of hydrogen-bond donors (Lipinski definition) is 3. The second-order valence-electron chi connectivity index (χ2n) is 3.19. The molecule has 5 nitrogen and oxygen atoms in total. The molecule has 0 amide bonds. The molecule has 1 aromatic carbocycles. The lowest BCUT2D eigenvalue weighted by Crippen LogP contribution is -1.79. The van der Waals surface area contributed by atoms with E-state index in [4.69, 9.17) is 15.4 Å². The maximum atomic E-state index is 9.53. The molecule has 0 fully saturated rings. The normalized spacial score (nSPS) is 9.94. The summed E-state index contributed by atoms with van der Waals surface area (Å²) in [5.41, 5.74) is 6.21. The summed E-state index contributed by atoms with van der Waals surface area (Å²) in [6, 6.07) is 8.38. The Kier molecular flexibility index (Phi) is 2.18. The van der Waals surface area contributed by atoms with Gasteiger partial charge in [-0.05, 0) is 12.1 Å². The van der Waals surface area contributed by atoms with E-state index in [2.05, 4.69) is 0 Å². The van der Waals surface area contributed by atoms with Crippen molar-refractivity contribution in [1.29, 1.82) is 5.26 Å². The minimum atomic E-state index is -0.489. The van der Waals surface area contributed by atoms with Crippen LogP contribution in [0.15, 0.2) is 28.7 Å². The van der Waals surface area contributed by atoms with Crippen LogP contribution >= 0.6 is 0 Å². The molecule has 1 aromatic heterocycles. The number of aromatic hydroxyl groups is 2. The fourth-order valence-corrected chi connectivity index (χ4v) is 1.36. The first-order valence-corrected chi connectivity index (χ1v) is 4.44. The second-order valence-corrected chi connectivity index (χ2v) is 3.19. The third-order valence-corrected chi connectivity index (χ3v) is 2.14. The monoisotopic (exact) mass is 216 g/mol. The molecular formula is C11H8N2O3. The van der Waals surface area contributed by atoms with Gasteiger partial charge < -0.3 is 20.4 Å². The van der Waals surface area contributed by atoms with E-state index in [1.54, 1.807) is 18.2 Å². The van der Waals surface area contributed by atoms with Crippen LogP contribution in [0, 0.1) is 11.3 Å². The maximum absolute atomic E-state index is 9.53. The van der Waals surface area contributed by atoms with Crippen LogP contribution in [0.4, 0.5) is 5.88 Å². The van der Waals surface area contributed by atoms with Gasteiger partial charge in [-0.15, -0.1) is 0 Å². The van der Waals surface area contributed by atoms with Crippen LogP contribution in [0.25, 0.3) is 11.3 Å². The molecule has 0 spiro atoms. The van der Waals surface area contributed by atoms with Crippen molar-refractivity contribution in [3.8, 4) is 28.9 Å². The highest BCUT2D eigenvalue weighted by Gasteiger charge is 2.18. The number of hydrogen-bond acceptors (Lipinski definition) is 5. The fraction of sp³-hybridized carbons (Fsp3) is 0. The Morgan fingerprint density at radius 1 is 1.25 bits per heavy atom. The van der Waals surface area contributed by atoms with E-state index in [0.29, 0.717) is 11.1 Å². The van der Waals surface area contributed by atoms with Gasteiger partial charge in [0, 0.05) is 5.56 Å². The first-order chi connectivity index (χ1) is 7.63. The number of benzene rings is 1. The third kappa shape index (κ3) is 1.42. The predicted molar refractivity (Wildman–Crippen MR) is 56.6 cm³/mol. The molecule has 0 aliphatic rings. The molecule has 5 heteroatoms. The topological polar surface area (TPSA) is 103 Å². The first-order valence-electron chi connectivity index (χ1n) is 4.44. The highest BCUT2D eigenvalue weighted by atomic mass is 16.4.